The standard InChI is InChI=1S/C14H26O3S/c1-3-11-7-5-9-14(11,15)12-6-4-8-13(10-12)18(2,16)17/h11-13,15H,3-10H2,1-2H3. The van der Waals surface area contributed by atoms with E-state index < -0.39 is 15.4 Å². The van der Waals surface area contributed by atoms with Crippen molar-refractivity contribution in [1.29, 1.82) is 0 Å². The highest BCUT2D eigenvalue weighted by Crippen LogP contribution is 2.48. The van der Waals surface area contributed by atoms with Gasteiger partial charge in [0.1, 0.15) is 9.84 Å². The van der Waals surface area contributed by atoms with Gasteiger partial charge in [-0.1, -0.05) is 26.2 Å². The molecular formula is C14H26O3S. The molecule has 0 aromatic heterocycles. The monoisotopic (exact) mass is 274 g/mol. The Morgan fingerprint density at radius 1 is 1.22 bits per heavy atom. The predicted octanol–water partition coefficient (Wildman–Crippen LogP) is 2.53. The summed E-state index contributed by atoms with van der Waals surface area (Å²) >= 11 is 0. The van der Waals surface area contributed by atoms with Crippen molar-refractivity contribution in [3.8, 4) is 0 Å². The first-order chi connectivity index (χ1) is 8.38. The smallest absolute Gasteiger partial charge is 0.150 e. The van der Waals surface area contributed by atoms with Crippen LogP contribution in [-0.4, -0.2) is 30.6 Å². The summed E-state index contributed by atoms with van der Waals surface area (Å²) in [6, 6.07) is 0. The Morgan fingerprint density at radius 3 is 2.56 bits per heavy atom. The first-order valence-electron chi connectivity index (χ1n) is 7.29. The van der Waals surface area contributed by atoms with Gasteiger partial charge in [-0.25, -0.2) is 8.42 Å². The molecule has 2 rings (SSSR count). The van der Waals surface area contributed by atoms with Crippen LogP contribution < -0.4 is 0 Å². The number of hydrogen-bond acceptors (Lipinski definition) is 3. The molecule has 2 fully saturated rings. The molecule has 0 aromatic carbocycles. The van der Waals surface area contributed by atoms with Gasteiger partial charge in [0.2, 0.25) is 0 Å². The average molecular weight is 274 g/mol. The summed E-state index contributed by atoms with van der Waals surface area (Å²) in [5.74, 6) is 0.569. The lowest BCUT2D eigenvalue weighted by Gasteiger charge is -2.41. The summed E-state index contributed by atoms with van der Waals surface area (Å²) in [7, 11) is -2.95. The molecule has 106 valence electrons. The molecule has 0 heterocycles. The van der Waals surface area contributed by atoms with Gasteiger partial charge in [0.15, 0.2) is 0 Å². The Labute approximate surface area is 111 Å². The summed E-state index contributed by atoms with van der Waals surface area (Å²) in [6.45, 7) is 2.14. The third-order valence-electron chi connectivity index (χ3n) is 5.27. The van der Waals surface area contributed by atoms with E-state index in [4.69, 9.17) is 0 Å². The second-order valence-electron chi connectivity index (χ2n) is 6.30. The molecule has 0 saturated heterocycles. The fraction of sp³-hybridized carbons (Fsp3) is 1.00. The van der Waals surface area contributed by atoms with Gasteiger partial charge < -0.3 is 5.11 Å². The minimum absolute atomic E-state index is 0.193. The van der Waals surface area contributed by atoms with E-state index in [0.717, 1.165) is 44.9 Å². The normalized spacial score (nSPS) is 42.1. The lowest BCUT2D eigenvalue weighted by Crippen LogP contribution is -2.45. The zero-order valence-corrected chi connectivity index (χ0v) is 12.4. The SMILES string of the molecule is CCC1CCCC1(O)C1CCCC(S(C)(=O)=O)C1. The van der Waals surface area contributed by atoms with Crippen LogP contribution in [0.15, 0.2) is 0 Å². The molecule has 4 unspecified atom stereocenters. The zero-order chi connectivity index (χ0) is 13.4. The molecule has 0 bridgehead atoms. The highest BCUT2D eigenvalue weighted by Gasteiger charge is 2.48. The van der Waals surface area contributed by atoms with Crippen LogP contribution in [0.5, 0.6) is 0 Å². The van der Waals surface area contributed by atoms with Gasteiger partial charge in [0, 0.05) is 6.26 Å². The summed E-state index contributed by atoms with van der Waals surface area (Å²) in [4.78, 5) is 0. The third-order valence-corrected chi connectivity index (χ3v) is 6.91. The van der Waals surface area contributed by atoms with E-state index in [9.17, 15) is 13.5 Å². The Hall–Kier alpha value is -0.0900. The van der Waals surface area contributed by atoms with Crippen molar-refractivity contribution in [2.24, 2.45) is 11.8 Å². The van der Waals surface area contributed by atoms with Crippen LogP contribution in [0.4, 0.5) is 0 Å². The lowest BCUT2D eigenvalue weighted by molar-refractivity contribution is -0.0643. The maximum atomic E-state index is 11.7. The van der Waals surface area contributed by atoms with Crippen molar-refractivity contribution in [1.82, 2.24) is 0 Å². The van der Waals surface area contributed by atoms with Crippen LogP contribution in [0.1, 0.15) is 58.3 Å². The van der Waals surface area contributed by atoms with Crippen molar-refractivity contribution in [3.63, 3.8) is 0 Å². The second kappa shape index (κ2) is 5.12. The van der Waals surface area contributed by atoms with Crippen LogP contribution in [0, 0.1) is 11.8 Å². The molecule has 1 N–H and O–H groups in total. The Kier molecular flexibility index (Phi) is 4.07. The number of rotatable bonds is 3. The Morgan fingerprint density at radius 2 is 1.94 bits per heavy atom. The van der Waals surface area contributed by atoms with Crippen LogP contribution >= 0.6 is 0 Å². The van der Waals surface area contributed by atoms with Crippen LogP contribution in [-0.2, 0) is 9.84 Å². The van der Waals surface area contributed by atoms with E-state index in [2.05, 4.69) is 6.92 Å². The van der Waals surface area contributed by atoms with Crippen LogP contribution in [0.2, 0.25) is 0 Å². The molecule has 4 atom stereocenters. The summed E-state index contributed by atoms with van der Waals surface area (Å²) in [5.41, 5.74) is -0.585. The fourth-order valence-corrected chi connectivity index (χ4v) is 5.35. The fourth-order valence-electron chi connectivity index (χ4n) is 4.17. The highest BCUT2D eigenvalue weighted by atomic mass is 32.2. The van der Waals surface area contributed by atoms with Crippen molar-refractivity contribution in [3.05, 3.63) is 0 Å². The van der Waals surface area contributed by atoms with Crippen molar-refractivity contribution in [2.45, 2.75) is 69.1 Å². The summed E-state index contributed by atoms with van der Waals surface area (Å²) < 4.78 is 23.4. The van der Waals surface area contributed by atoms with Crippen molar-refractivity contribution >= 4 is 9.84 Å². The largest absolute Gasteiger partial charge is 0.389 e. The van der Waals surface area contributed by atoms with Gasteiger partial charge in [-0.05, 0) is 43.9 Å². The van der Waals surface area contributed by atoms with E-state index >= 15 is 0 Å². The van der Waals surface area contributed by atoms with E-state index in [-0.39, 0.29) is 11.2 Å². The van der Waals surface area contributed by atoms with E-state index in [1.807, 2.05) is 0 Å². The lowest BCUT2D eigenvalue weighted by atomic mass is 9.71. The molecule has 0 amide bonds. The number of hydrogen-bond donors (Lipinski definition) is 1. The average Bonchev–Trinajstić information content (AvgIpc) is 2.71. The number of sulfone groups is 1. The number of aliphatic hydroxyl groups is 1. The maximum Gasteiger partial charge on any atom is 0.150 e. The van der Waals surface area contributed by atoms with Crippen molar-refractivity contribution in [2.75, 3.05) is 6.26 Å². The molecule has 0 radical (unpaired) electrons. The van der Waals surface area contributed by atoms with Gasteiger partial charge in [-0.2, -0.15) is 0 Å². The molecule has 3 nitrogen and oxygen atoms in total. The molecule has 2 aliphatic carbocycles. The predicted molar refractivity (Wildman–Crippen MR) is 73.2 cm³/mol. The minimum Gasteiger partial charge on any atom is -0.389 e. The van der Waals surface area contributed by atoms with E-state index in [0.29, 0.717) is 12.3 Å². The van der Waals surface area contributed by atoms with Gasteiger partial charge in [-0.15, -0.1) is 0 Å². The van der Waals surface area contributed by atoms with Crippen LogP contribution in [0.3, 0.4) is 0 Å². The minimum atomic E-state index is -2.95. The first kappa shape index (κ1) is 14.3. The molecule has 0 spiro atoms. The second-order valence-corrected chi connectivity index (χ2v) is 8.63. The highest BCUT2D eigenvalue weighted by molar-refractivity contribution is 7.91. The quantitative estimate of drug-likeness (QED) is 0.860. The molecular weight excluding hydrogens is 248 g/mol. The third kappa shape index (κ3) is 2.60. The van der Waals surface area contributed by atoms with Gasteiger partial charge >= 0.3 is 0 Å². The first-order valence-corrected chi connectivity index (χ1v) is 9.24. The topological polar surface area (TPSA) is 54.4 Å². The molecule has 0 aliphatic heterocycles. The Bertz CT molecular complexity index is 390. The molecule has 2 saturated carbocycles. The maximum absolute atomic E-state index is 11.7. The zero-order valence-electron chi connectivity index (χ0n) is 11.6. The van der Waals surface area contributed by atoms with E-state index in [1.165, 1.54) is 6.26 Å². The summed E-state index contributed by atoms with van der Waals surface area (Å²) in [6.07, 6.45) is 8.82. The Balaban J connectivity index is 2.13. The van der Waals surface area contributed by atoms with Gasteiger partial charge in [-0.3, -0.25) is 0 Å². The molecule has 4 heteroatoms. The van der Waals surface area contributed by atoms with E-state index in [1.54, 1.807) is 0 Å². The van der Waals surface area contributed by atoms with Gasteiger partial charge in [0.05, 0.1) is 10.9 Å². The van der Waals surface area contributed by atoms with Gasteiger partial charge in [0.25, 0.3) is 0 Å². The van der Waals surface area contributed by atoms with Crippen LogP contribution in [0.25, 0.3) is 0 Å². The summed E-state index contributed by atoms with van der Waals surface area (Å²) in [5, 5.41) is 10.7. The van der Waals surface area contributed by atoms with Crippen molar-refractivity contribution < 1.29 is 13.5 Å². The molecule has 2 aliphatic rings. The molecule has 0 aromatic rings. The molecule has 18 heavy (non-hydrogen) atoms.